The standard InChI is InChI=1S/C13H23NO5/c1-12(2,3)19-11(17)14-9-5-6-13(4,18)7-8(9)10(15)16/h8-9,18H,5-7H2,1-4H3,(H,14,17)(H,15,16)/t8-,9-,13-/m0/s1. The molecule has 1 fully saturated rings. The first-order valence-electron chi connectivity index (χ1n) is 6.45. The monoisotopic (exact) mass is 273 g/mol. The van der Waals surface area contributed by atoms with Crippen molar-refractivity contribution in [2.75, 3.05) is 0 Å². The Morgan fingerprint density at radius 3 is 2.42 bits per heavy atom. The van der Waals surface area contributed by atoms with Gasteiger partial charge in [-0.3, -0.25) is 4.79 Å². The fraction of sp³-hybridized carbons (Fsp3) is 0.846. The van der Waals surface area contributed by atoms with Crippen LogP contribution in [-0.4, -0.2) is 39.5 Å². The minimum Gasteiger partial charge on any atom is -0.481 e. The van der Waals surface area contributed by atoms with Crippen molar-refractivity contribution in [3.05, 3.63) is 0 Å². The molecule has 0 saturated heterocycles. The van der Waals surface area contributed by atoms with Crippen LogP contribution >= 0.6 is 0 Å². The van der Waals surface area contributed by atoms with Crippen molar-refractivity contribution < 1.29 is 24.5 Å². The van der Waals surface area contributed by atoms with Crippen LogP contribution in [0.15, 0.2) is 0 Å². The molecule has 0 aromatic rings. The Morgan fingerprint density at radius 1 is 1.37 bits per heavy atom. The normalized spacial score (nSPS) is 31.6. The molecule has 0 bridgehead atoms. The molecule has 0 heterocycles. The summed E-state index contributed by atoms with van der Waals surface area (Å²) in [7, 11) is 0. The van der Waals surface area contributed by atoms with Gasteiger partial charge in [-0.1, -0.05) is 0 Å². The van der Waals surface area contributed by atoms with E-state index in [4.69, 9.17) is 4.74 Å². The molecule has 0 aliphatic heterocycles. The highest BCUT2D eigenvalue weighted by molar-refractivity contribution is 5.74. The molecule has 0 aromatic carbocycles. The van der Waals surface area contributed by atoms with Gasteiger partial charge in [0, 0.05) is 6.04 Å². The van der Waals surface area contributed by atoms with E-state index < -0.39 is 35.2 Å². The smallest absolute Gasteiger partial charge is 0.407 e. The first-order chi connectivity index (χ1) is 8.50. The molecule has 0 aromatic heterocycles. The third-order valence-corrected chi connectivity index (χ3v) is 3.16. The van der Waals surface area contributed by atoms with Crippen molar-refractivity contribution in [2.24, 2.45) is 5.92 Å². The zero-order valence-corrected chi connectivity index (χ0v) is 11.9. The average Bonchev–Trinajstić information content (AvgIpc) is 2.17. The number of amides is 1. The van der Waals surface area contributed by atoms with Crippen LogP contribution in [0.2, 0.25) is 0 Å². The third-order valence-electron chi connectivity index (χ3n) is 3.16. The first kappa shape index (κ1) is 15.8. The van der Waals surface area contributed by atoms with Gasteiger partial charge in [0.25, 0.3) is 0 Å². The van der Waals surface area contributed by atoms with Crippen molar-refractivity contribution in [1.29, 1.82) is 0 Å². The minimum atomic E-state index is -1.01. The predicted octanol–water partition coefficient (Wildman–Crippen LogP) is 1.52. The molecule has 110 valence electrons. The Bertz CT molecular complexity index is 359. The van der Waals surface area contributed by atoms with Crippen molar-refractivity contribution in [3.63, 3.8) is 0 Å². The third kappa shape index (κ3) is 5.06. The molecule has 1 aliphatic carbocycles. The summed E-state index contributed by atoms with van der Waals surface area (Å²) in [4.78, 5) is 22.9. The summed E-state index contributed by atoms with van der Waals surface area (Å²) < 4.78 is 5.12. The summed E-state index contributed by atoms with van der Waals surface area (Å²) in [5, 5.41) is 21.7. The maximum Gasteiger partial charge on any atom is 0.407 e. The summed E-state index contributed by atoms with van der Waals surface area (Å²) in [5.41, 5.74) is -1.61. The summed E-state index contributed by atoms with van der Waals surface area (Å²) in [6, 6.07) is -0.507. The number of hydrogen-bond donors (Lipinski definition) is 3. The summed E-state index contributed by atoms with van der Waals surface area (Å²) in [5.74, 6) is -1.81. The summed E-state index contributed by atoms with van der Waals surface area (Å²) >= 11 is 0. The predicted molar refractivity (Wildman–Crippen MR) is 68.8 cm³/mol. The summed E-state index contributed by atoms with van der Waals surface area (Å²) in [6.45, 7) is 6.85. The molecule has 0 radical (unpaired) electrons. The van der Waals surface area contributed by atoms with Crippen LogP contribution in [0, 0.1) is 5.92 Å². The molecular formula is C13H23NO5. The van der Waals surface area contributed by atoms with Gasteiger partial charge in [0.1, 0.15) is 5.60 Å². The largest absolute Gasteiger partial charge is 0.481 e. The number of carbonyl (C=O) groups is 2. The molecule has 1 rings (SSSR count). The van der Waals surface area contributed by atoms with Gasteiger partial charge in [-0.25, -0.2) is 4.79 Å². The molecule has 1 aliphatic rings. The quantitative estimate of drug-likeness (QED) is 0.709. The lowest BCUT2D eigenvalue weighted by Crippen LogP contribution is -2.51. The fourth-order valence-corrected chi connectivity index (χ4v) is 2.28. The van der Waals surface area contributed by atoms with Crippen molar-refractivity contribution in [3.8, 4) is 0 Å². The number of ether oxygens (including phenoxy) is 1. The number of nitrogens with one attached hydrogen (secondary N) is 1. The second kappa shape index (κ2) is 5.36. The van der Waals surface area contributed by atoms with E-state index in [9.17, 15) is 19.8 Å². The molecule has 3 N–H and O–H groups in total. The first-order valence-corrected chi connectivity index (χ1v) is 6.45. The molecule has 1 saturated carbocycles. The van der Waals surface area contributed by atoms with Crippen LogP contribution in [0.4, 0.5) is 4.79 Å². The van der Waals surface area contributed by atoms with Gasteiger partial charge >= 0.3 is 12.1 Å². The molecule has 0 unspecified atom stereocenters. The van der Waals surface area contributed by atoms with Gasteiger partial charge in [-0.2, -0.15) is 0 Å². The van der Waals surface area contributed by atoms with Gasteiger partial charge < -0.3 is 20.3 Å². The van der Waals surface area contributed by atoms with Crippen molar-refractivity contribution in [1.82, 2.24) is 5.32 Å². The van der Waals surface area contributed by atoms with Gasteiger partial charge in [0.15, 0.2) is 0 Å². The number of carboxylic acid groups (broad SMARTS) is 1. The lowest BCUT2D eigenvalue weighted by molar-refractivity contribution is -0.147. The van der Waals surface area contributed by atoms with Gasteiger partial charge in [-0.05, 0) is 47.0 Å². The number of aliphatic carboxylic acids is 1. The van der Waals surface area contributed by atoms with Crippen LogP contribution in [0.25, 0.3) is 0 Å². The minimum absolute atomic E-state index is 0.128. The maximum atomic E-state index is 11.7. The van der Waals surface area contributed by atoms with Crippen LogP contribution in [0.1, 0.15) is 47.0 Å². The van der Waals surface area contributed by atoms with E-state index in [0.717, 1.165) is 0 Å². The molecule has 1 amide bonds. The molecule has 6 nitrogen and oxygen atoms in total. The van der Waals surface area contributed by atoms with Gasteiger partial charge in [0.05, 0.1) is 11.5 Å². The van der Waals surface area contributed by atoms with E-state index >= 15 is 0 Å². The van der Waals surface area contributed by atoms with Crippen molar-refractivity contribution >= 4 is 12.1 Å². The molecule has 0 spiro atoms. The van der Waals surface area contributed by atoms with Crippen LogP contribution in [0.3, 0.4) is 0 Å². The van der Waals surface area contributed by atoms with Crippen LogP contribution < -0.4 is 5.32 Å². The molecular weight excluding hydrogens is 250 g/mol. The Morgan fingerprint density at radius 2 is 1.95 bits per heavy atom. The fourth-order valence-electron chi connectivity index (χ4n) is 2.28. The van der Waals surface area contributed by atoms with Crippen molar-refractivity contribution in [2.45, 2.75) is 64.2 Å². The number of alkyl carbamates (subject to hydrolysis) is 1. The van der Waals surface area contributed by atoms with E-state index in [0.29, 0.717) is 12.8 Å². The second-order valence-electron chi connectivity index (χ2n) is 6.44. The average molecular weight is 273 g/mol. The van der Waals surface area contributed by atoms with Crippen LogP contribution in [-0.2, 0) is 9.53 Å². The topological polar surface area (TPSA) is 95.9 Å². The van der Waals surface area contributed by atoms with Gasteiger partial charge in [0.2, 0.25) is 0 Å². The lowest BCUT2D eigenvalue weighted by atomic mass is 9.76. The van der Waals surface area contributed by atoms with E-state index in [1.807, 2.05) is 0 Å². The van der Waals surface area contributed by atoms with E-state index in [1.165, 1.54) is 0 Å². The summed E-state index contributed by atoms with van der Waals surface area (Å²) in [6.07, 6.45) is 0.383. The zero-order chi connectivity index (χ0) is 14.8. The lowest BCUT2D eigenvalue weighted by Gasteiger charge is -2.38. The maximum absolute atomic E-state index is 11.7. The number of hydrogen-bond acceptors (Lipinski definition) is 4. The molecule has 19 heavy (non-hydrogen) atoms. The zero-order valence-electron chi connectivity index (χ0n) is 11.9. The van der Waals surface area contributed by atoms with Gasteiger partial charge in [-0.15, -0.1) is 0 Å². The molecule has 3 atom stereocenters. The number of aliphatic hydroxyl groups is 1. The van der Waals surface area contributed by atoms with E-state index in [-0.39, 0.29) is 6.42 Å². The van der Waals surface area contributed by atoms with Crippen LogP contribution in [0.5, 0.6) is 0 Å². The Kier molecular flexibility index (Phi) is 4.45. The SMILES string of the molecule is CC(C)(C)OC(=O)N[C@H]1CC[C@](C)(O)C[C@@H]1C(=O)O. The van der Waals surface area contributed by atoms with E-state index in [1.54, 1.807) is 27.7 Å². The Hall–Kier alpha value is -1.30. The Labute approximate surface area is 113 Å². The number of carbonyl (C=O) groups excluding carboxylic acids is 1. The molecule has 6 heteroatoms. The highest BCUT2D eigenvalue weighted by atomic mass is 16.6. The number of carboxylic acids is 1. The highest BCUT2D eigenvalue weighted by Gasteiger charge is 2.41. The second-order valence-corrected chi connectivity index (χ2v) is 6.44. The van der Waals surface area contributed by atoms with E-state index in [2.05, 4.69) is 5.32 Å². The highest BCUT2D eigenvalue weighted by Crippen LogP contribution is 2.32. The Balaban J connectivity index is 2.66. The number of rotatable bonds is 2.